The summed E-state index contributed by atoms with van der Waals surface area (Å²) in [6.07, 6.45) is -9.39. The van der Waals surface area contributed by atoms with Gasteiger partial charge in [-0.05, 0) is 5.57 Å². The second kappa shape index (κ2) is 8.11. The maximum Gasteiger partial charge on any atom is 0.397 e. The van der Waals surface area contributed by atoms with E-state index in [1.165, 1.54) is 0 Å². The van der Waals surface area contributed by atoms with Crippen molar-refractivity contribution in [2.45, 2.75) is 36.8 Å². The topological polar surface area (TPSA) is 187 Å². The van der Waals surface area contributed by atoms with Gasteiger partial charge in [0.1, 0.15) is 24.4 Å². The van der Waals surface area contributed by atoms with Gasteiger partial charge < -0.3 is 29.9 Å². The molecule has 0 saturated carbocycles. The summed E-state index contributed by atoms with van der Waals surface area (Å²) in [5.41, 5.74) is -0.220. The SMILES string of the molecule is C=C(COS(=O)(=O)O)[C@@H](C#N)O[C@H]1O[C@@H](CO)[C@H](O)[C@@H](O)[C@@H]1O. The molecule has 1 saturated heterocycles. The molecule has 1 aliphatic rings. The first-order chi connectivity index (χ1) is 10.6. The Morgan fingerprint density at radius 3 is 2.39 bits per heavy atom. The summed E-state index contributed by atoms with van der Waals surface area (Å²) in [5, 5.41) is 47.0. The van der Waals surface area contributed by atoms with Crippen LogP contribution in [0.5, 0.6) is 0 Å². The third-order valence-electron chi connectivity index (χ3n) is 3.00. The lowest BCUT2D eigenvalue weighted by atomic mass is 9.99. The van der Waals surface area contributed by atoms with Gasteiger partial charge in [0.2, 0.25) is 0 Å². The summed E-state index contributed by atoms with van der Waals surface area (Å²) in [6, 6.07) is 1.59. The van der Waals surface area contributed by atoms with Gasteiger partial charge in [0.25, 0.3) is 0 Å². The van der Waals surface area contributed by atoms with Gasteiger partial charge in [0.05, 0.1) is 19.3 Å². The molecule has 0 aromatic heterocycles. The highest BCUT2D eigenvalue weighted by molar-refractivity contribution is 7.80. The van der Waals surface area contributed by atoms with Crippen molar-refractivity contribution in [2.75, 3.05) is 13.2 Å². The number of hydrogen-bond donors (Lipinski definition) is 5. The molecule has 0 aromatic rings. The van der Waals surface area contributed by atoms with Gasteiger partial charge in [0, 0.05) is 0 Å². The number of aliphatic hydroxyl groups excluding tert-OH is 4. The summed E-state index contributed by atoms with van der Waals surface area (Å²) >= 11 is 0. The molecular formula is C11H17NO10S. The normalized spacial score (nSPS) is 33.0. The first-order valence-electron chi connectivity index (χ1n) is 6.25. The molecule has 0 radical (unpaired) electrons. The zero-order valence-electron chi connectivity index (χ0n) is 11.7. The standard InChI is InChI=1S/C11H17NO10S/c1-5(4-20-23(17,18)19)6(2-12)21-11-10(16)9(15)8(14)7(3-13)22-11/h6-11,13-16H,1,3-4H2,(H,17,18,19)/t6-,7+,8+,9-,10+,11+/m1/s1. The molecule has 12 heteroatoms. The maximum absolute atomic E-state index is 10.5. The molecule has 5 N–H and O–H groups in total. The minimum absolute atomic E-state index is 0.220. The highest BCUT2D eigenvalue weighted by Gasteiger charge is 2.45. The smallest absolute Gasteiger partial charge is 0.394 e. The predicted octanol–water partition coefficient (Wildman–Crippen LogP) is -2.93. The molecule has 1 fully saturated rings. The lowest BCUT2D eigenvalue weighted by Crippen LogP contribution is -2.59. The minimum Gasteiger partial charge on any atom is -0.394 e. The van der Waals surface area contributed by atoms with E-state index >= 15 is 0 Å². The van der Waals surface area contributed by atoms with Crippen LogP contribution in [0.25, 0.3) is 0 Å². The van der Waals surface area contributed by atoms with Crippen molar-refractivity contribution in [2.24, 2.45) is 0 Å². The van der Waals surface area contributed by atoms with Crippen LogP contribution < -0.4 is 0 Å². The summed E-state index contributed by atoms with van der Waals surface area (Å²) in [6.45, 7) is 1.89. The van der Waals surface area contributed by atoms with Crippen molar-refractivity contribution in [1.82, 2.24) is 0 Å². The molecule has 6 atom stereocenters. The van der Waals surface area contributed by atoms with Crippen LogP contribution in [0.4, 0.5) is 0 Å². The van der Waals surface area contributed by atoms with Crippen molar-refractivity contribution in [3.63, 3.8) is 0 Å². The van der Waals surface area contributed by atoms with Crippen molar-refractivity contribution >= 4 is 10.4 Å². The van der Waals surface area contributed by atoms with Gasteiger partial charge >= 0.3 is 10.4 Å². The van der Waals surface area contributed by atoms with Crippen molar-refractivity contribution in [3.8, 4) is 6.07 Å². The summed E-state index contributed by atoms with van der Waals surface area (Å²) in [5.74, 6) is 0. The summed E-state index contributed by atoms with van der Waals surface area (Å²) in [7, 11) is -4.75. The fraction of sp³-hybridized carbons (Fsp3) is 0.727. The molecule has 1 heterocycles. The quantitative estimate of drug-likeness (QED) is 0.232. The summed E-state index contributed by atoms with van der Waals surface area (Å²) in [4.78, 5) is 0. The van der Waals surface area contributed by atoms with Crippen LogP contribution in [0.1, 0.15) is 0 Å². The average molecular weight is 355 g/mol. The molecule has 1 aliphatic heterocycles. The maximum atomic E-state index is 10.5. The number of ether oxygens (including phenoxy) is 2. The second-order valence-corrected chi connectivity index (χ2v) is 5.78. The van der Waals surface area contributed by atoms with Crippen LogP contribution in [0.2, 0.25) is 0 Å². The zero-order valence-corrected chi connectivity index (χ0v) is 12.5. The molecule has 11 nitrogen and oxygen atoms in total. The molecule has 0 unspecified atom stereocenters. The van der Waals surface area contributed by atoms with E-state index < -0.39 is 60.4 Å². The van der Waals surface area contributed by atoms with Crippen molar-refractivity contribution in [1.29, 1.82) is 5.26 Å². The zero-order chi connectivity index (χ0) is 17.8. The monoisotopic (exact) mass is 355 g/mol. The van der Waals surface area contributed by atoms with E-state index in [0.717, 1.165) is 0 Å². The number of rotatable bonds is 7. The van der Waals surface area contributed by atoms with Gasteiger partial charge in [-0.2, -0.15) is 13.7 Å². The van der Waals surface area contributed by atoms with Crippen LogP contribution in [0.3, 0.4) is 0 Å². The van der Waals surface area contributed by atoms with Crippen molar-refractivity contribution < 1.29 is 47.1 Å². The predicted molar refractivity (Wildman–Crippen MR) is 70.9 cm³/mol. The van der Waals surface area contributed by atoms with Gasteiger partial charge in [-0.25, -0.2) is 4.18 Å². The lowest BCUT2D eigenvalue weighted by molar-refractivity contribution is -0.304. The van der Waals surface area contributed by atoms with Crippen LogP contribution in [-0.4, -0.2) is 83.4 Å². The number of nitriles is 1. The number of aliphatic hydroxyl groups is 4. The third kappa shape index (κ3) is 5.46. The highest BCUT2D eigenvalue weighted by atomic mass is 32.3. The molecule has 0 amide bonds. The number of nitrogens with zero attached hydrogens (tertiary/aromatic N) is 1. The van der Waals surface area contributed by atoms with E-state index in [9.17, 15) is 23.7 Å². The molecule has 0 bridgehead atoms. The average Bonchev–Trinajstić information content (AvgIpc) is 2.49. The molecule has 23 heavy (non-hydrogen) atoms. The Bertz CT molecular complexity index is 556. The van der Waals surface area contributed by atoms with E-state index in [1.54, 1.807) is 6.07 Å². The first-order valence-corrected chi connectivity index (χ1v) is 7.62. The minimum atomic E-state index is -4.75. The third-order valence-corrected chi connectivity index (χ3v) is 3.42. The van der Waals surface area contributed by atoms with E-state index in [2.05, 4.69) is 10.8 Å². The Morgan fingerprint density at radius 2 is 1.91 bits per heavy atom. The van der Waals surface area contributed by atoms with Crippen LogP contribution in [0, 0.1) is 11.3 Å². The molecule has 1 rings (SSSR count). The first kappa shape index (κ1) is 19.9. The van der Waals surface area contributed by atoms with Gasteiger partial charge in [-0.3, -0.25) is 4.55 Å². The summed E-state index contributed by atoms with van der Waals surface area (Å²) < 4.78 is 43.5. The molecule has 0 aliphatic carbocycles. The Labute approximate surface area is 131 Å². The van der Waals surface area contributed by atoms with Crippen LogP contribution in [-0.2, 0) is 24.1 Å². The van der Waals surface area contributed by atoms with E-state index in [4.69, 9.17) is 24.4 Å². The number of hydrogen-bond acceptors (Lipinski definition) is 10. The lowest BCUT2D eigenvalue weighted by Gasteiger charge is -2.40. The Balaban J connectivity index is 2.74. The van der Waals surface area contributed by atoms with Crippen molar-refractivity contribution in [3.05, 3.63) is 12.2 Å². The Kier molecular flexibility index (Phi) is 7.02. The molecule has 0 aromatic carbocycles. The molecule has 0 spiro atoms. The van der Waals surface area contributed by atoms with Crippen LogP contribution >= 0.6 is 0 Å². The highest BCUT2D eigenvalue weighted by Crippen LogP contribution is 2.24. The van der Waals surface area contributed by atoms with Crippen LogP contribution in [0.15, 0.2) is 12.2 Å². The molecule has 132 valence electrons. The van der Waals surface area contributed by atoms with Gasteiger partial charge in [-0.15, -0.1) is 0 Å². The Hall–Kier alpha value is -1.14. The fourth-order valence-electron chi connectivity index (χ4n) is 1.76. The largest absolute Gasteiger partial charge is 0.397 e. The van der Waals surface area contributed by atoms with E-state index in [0.29, 0.717) is 0 Å². The van der Waals surface area contributed by atoms with E-state index in [-0.39, 0.29) is 5.57 Å². The second-order valence-electron chi connectivity index (χ2n) is 4.69. The fourth-order valence-corrected chi connectivity index (χ4v) is 2.06. The van der Waals surface area contributed by atoms with E-state index in [1.807, 2.05) is 0 Å². The Morgan fingerprint density at radius 1 is 1.30 bits per heavy atom. The molecular weight excluding hydrogens is 338 g/mol. The van der Waals surface area contributed by atoms with Gasteiger partial charge in [0.15, 0.2) is 12.4 Å². The van der Waals surface area contributed by atoms with Gasteiger partial charge in [-0.1, -0.05) is 6.58 Å².